The van der Waals surface area contributed by atoms with Crippen LogP contribution in [0.2, 0.25) is 0 Å². The van der Waals surface area contributed by atoms with Crippen molar-refractivity contribution in [3.8, 4) is 0 Å². The lowest BCUT2D eigenvalue weighted by atomic mass is 10.1. The maximum atomic E-state index is 5.74. The lowest BCUT2D eigenvalue weighted by Crippen LogP contribution is -2.26. The topological polar surface area (TPSA) is 37.4 Å². The standard InChI is InChI=1S/C14H25N3OS/c1-3-15-9-14-16-12(11-19-14)10-18-8-6-13-5-4-7-17(13)2/h11,13,15H,3-10H2,1-2H3. The van der Waals surface area contributed by atoms with Crippen LogP contribution >= 0.6 is 11.3 Å². The molecule has 1 aliphatic heterocycles. The van der Waals surface area contributed by atoms with Crippen molar-refractivity contribution in [2.75, 3.05) is 26.7 Å². The van der Waals surface area contributed by atoms with E-state index in [-0.39, 0.29) is 0 Å². The van der Waals surface area contributed by atoms with E-state index in [9.17, 15) is 0 Å². The summed E-state index contributed by atoms with van der Waals surface area (Å²) in [4.78, 5) is 7.00. The molecule has 0 spiro atoms. The van der Waals surface area contributed by atoms with Gasteiger partial charge in [-0.05, 0) is 39.4 Å². The van der Waals surface area contributed by atoms with Crippen molar-refractivity contribution in [2.24, 2.45) is 0 Å². The zero-order valence-electron chi connectivity index (χ0n) is 12.0. The second-order valence-corrected chi connectivity index (χ2v) is 6.07. The molecular weight excluding hydrogens is 258 g/mol. The highest BCUT2D eigenvalue weighted by Crippen LogP contribution is 2.18. The fourth-order valence-corrected chi connectivity index (χ4v) is 3.22. The van der Waals surface area contributed by atoms with E-state index in [1.54, 1.807) is 11.3 Å². The number of likely N-dealkylation sites (tertiary alicyclic amines) is 1. The van der Waals surface area contributed by atoms with E-state index < -0.39 is 0 Å². The molecule has 1 fully saturated rings. The van der Waals surface area contributed by atoms with Crippen LogP contribution in [0.15, 0.2) is 5.38 Å². The highest BCUT2D eigenvalue weighted by Gasteiger charge is 2.19. The first-order valence-electron chi connectivity index (χ1n) is 7.21. The zero-order valence-corrected chi connectivity index (χ0v) is 12.8. The largest absolute Gasteiger partial charge is 0.375 e. The van der Waals surface area contributed by atoms with Crippen LogP contribution in [0.5, 0.6) is 0 Å². The van der Waals surface area contributed by atoms with E-state index in [0.29, 0.717) is 6.61 Å². The Bertz CT molecular complexity index is 369. The molecular formula is C14H25N3OS. The first kappa shape index (κ1) is 14.9. The van der Waals surface area contributed by atoms with Gasteiger partial charge in [-0.3, -0.25) is 0 Å². The Morgan fingerprint density at radius 3 is 3.21 bits per heavy atom. The first-order valence-corrected chi connectivity index (χ1v) is 8.09. The molecule has 4 nitrogen and oxygen atoms in total. The molecule has 0 aliphatic carbocycles. The van der Waals surface area contributed by atoms with E-state index in [1.807, 2.05) is 0 Å². The summed E-state index contributed by atoms with van der Waals surface area (Å²) < 4.78 is 5.74. The fourth-order valence-electron chi connectivity index (χ4n) is 2.47. The minimum absolute atomic E-state index is 0.652. The van der Waals surface area contributed by atoms with Gasteiger partial charge in [-0.25, -0.2) is 4.98 Å². The van der Waals surface area contributed by atoms with E-state index in [4.69, 9.17) is 4.74 Å². The van der Waals surface area contributed by atoms with Gasteiger partial charge in [-0.15, -0.1) is 11.3 Å². The molecule has 0 radical (unpaired) electrons. The summed E-state index contributed by atoms with van der Waals surface area (Å²) in [6.45, 7) is 6.70. The van der Waals surface area contributed by atoms with Crippen LogP contribution in [0, 0.1) is 0 Å². The lowest BCUT2D eigenvalue weighted by Gasteiger charge is -2.18. The quantitative estimate of drug-likeness (QED) is 0.743. The monoisotopic (exact) mass is 283 g/mol. The Hall–Kier alpha value is -0.490. The average Bonchev–Trinajstić information content (AvgIpc) is 3.02. The van der Waals surface area contributed by atoms with Gasteiger partial charge >= 0.3 is 0 Å². The predicted octanol–water partition coefficient (Wildman–Crippen LogP) is 2.25. The molecule has 0 saturated carbocycles. The van der Waals surface area contributed by atoms with Gasteiger partial charge < -0.3 is 15.0 Å². The number of hydrogen-bond acceptors (Lipinski definition) is 5. The van der Waals surface area contributed by atoms with Crippen molar-refractivity contribution in [3.05, 3.63) is 16.1 Å². The zero-order chi connectivity index (χ0) is 13.5. The Morgan fingerprint density at radius 2 is 2.47 bits per heavy atom. The molecule has 1 N–H and O–H groups in total. The highest BCUT2D eigenvalue weighted by molar-refractivity contribution is 7.09. The number of ether oxygens (including phenoxy) is 1. The second kappa shape index (κ2) is 7.94. The van der Waals surface area contributed by atoms with Crippen molar-refractivity contribution >= 4 is 11.3 Å². The van der Waals surface area contributed by atoms with Crippen LogP contribution in [0.3, 0.4) is 0 Å². The molecule has 1 saturated heterocycles. The smallest absolute Gasteiger partial charge is 0.107 e. The highest BCUT2D eigenvalue weighted by atomic mass is 32.1. The summed E-state index contributed by atoms with van der Waals surface area (Å²) in [5.41, 5.74) is 1.07. The first-order chi connectivity index (χ1) is 9.29. The number of rotatable bonds is 8. The van der Waals surface area contributed by atoms with E-state index in [2.05, 4.69) is 34.6 Å². The molecule has 1 aliphatic rings. The normalized spacial score (nSPS) is 20.2. The van der Waals surface area contributed by atoms with Gasteiger partial charge in [0.2, 0.25) is 0 Å². The van der Waals surface area contributed by atoms with Gasteiger partial charge in [0.05, 0.1) is 12.3 Å². The summed E-state index contributed by atoms with van der Waals surface area (Å²) in [5.74, 6) is 0. The van der Waals surface area contributed by atoms with Crippen molar-refractivity contribution in [1.29, 1.82) is 0 Å². The number of hydrogen-bond donors (Lipinski definition) is 1. The van der Waals surface area contributed by atoms with Crippen LogP contribution < -0.4 is 5.32 Å². The van der Waals surface area contributed by atoms with Gasteiger partial charge in [0.1, 0.15) is 5.01 Å². The summed E-state index contributed by atoms with van der Waals surface area (Å²) in [6.07, 6.45) is 3.80. The fraction of sp³-hybridized carbons (Fsp3) is 0.786. The van der Waals surface area contributed by atoms with E-state index >= 15 is 0 Å². The summed E-state index contributed by atoms with van der Waals surface area (Å²) in [5, 5.41) is 6.54. The Balaban J connectivity index is 1.61. The van der Waals surface area contributed by atoms with E-state index in [0.717, 1.165) is 42.9 Å². The minimum Gasteiger partial charge on any atom is -0.375 e. The molecule has 2 heterocycles. The lowest BCUT2D eigenvalue weighted by molar-refractivity contribution is 0.0995. The van der Waals surface area contributed by atoms with Gasteiger partial charge in [0, 0.05) is 24.6 Å². The van der Waals surface area contributed by atoms with Crippen molar-refractivity contribution in [3.63, 3.8) is 0 Å². The Kier molecular flexibility index (Phi) is 6.23. The summed E-state index contributed by atoms with van der Waals surface area (Å²) >= 11 is 1.71. The number of nitrogens with one attached hydrogen (secondary N) is 1. The van der Waals surface area contributed by atoms with Gasteiger partial charge in [0.15, 0.2) is 0 Å². The molecule has 19 heavy (non-hydrogen) atoms. The van der Waals surface area contributed by atoms with Crippen molar-refractivity contribution < 1.29 is 4.74 Å². The van der Waals surface area contributed by atoms with E-state index in [1.165, 1.54) is 19.4 Å². The second-order valence-electron chi connectivity index (χ2n) is 5.13. The molecule has 0 aromatic carbocycles. The van der Waals surface area contributed by atoms with Gasteiger partial charge in [-0.1, -0.05) is 6.92 Å². The predicted molar refractivity (Wildman–Crippen MR) is 79.4 cm³/mol. The number of nitrogens with zero attached hydrogens (tertiary/aromatic N) is 2. The van der Waals surface area contributed by atoms with Crippen molar-refractivity contribution in [1.82, 2.24) is 15.2 Å². The average molecular weight is 283 g/mol. The Labute approximate surface area is 120 Å². The third kappa shape index (κ3) is 4.84. The minimum atomic E-state index is 0.652. The molecule has 1 aromatic heterocycles. The molecule has 0 bridgehead atoms. The maximum Gasteiger partial charge on any atom is 0.107 e. The maximum absolute atomic E-state index is 5.74. The SMILES string of the molecule is CCNCc1nc(COCCC2CCCN2C)cs1. The van der Waals surface area contributed by atoms with Crippen LogP contribution in [0.4, 0.5) is 0 Å². The van der Waals surface area contributed by atoms with Crippen LogP contribution in [0.1, 0.15) is 36.9 Å². The molecule has 1 atom stereocenters. The number of thiazole rings is 1. The summed E-state index contributed by atoms with van der Waals surface area (Å²) in [7, 11) is 2.21. The molecule has 0 amide bonds. The van der Waals surface area contributed by atoms with Crippen molar-refractivity contribution in [2.45, 2.75) is 45.4 Å². The van der Waals surface area contributed by atoms with Crippen LogP contribution in [-0.4, -0.2) is 42.7 Å². The molecule has 1 aromatic rings. The molecule has 5 heteroatoms. The van der Waals surface area contributed by atoms with Gasteiger partial charge in [0.25, 0.3) is 0 Å². The third-order valence-corrected chi connectivity index (χ3v) is 4.54. The summed E-state index contributed by atoms with van der Waals surface area (Å²) in [6, 6.07) is 0.722. The molecule has 108 valence electrons. The van der Waals surface area contributed by atoms with Crippen LogP contribution in [-0.2, 0) is 17.9 Å². The third-order valence-electron chi connectivity index (χ3n) is 3.64. The number of aromatic nitrogens is 1. The van der Waals surface area contributed by atoms with Crippen LogP contribution in [0.25, 0.3) is 0 Å². The molecule has 1 unspecified atom stereocenters. The molecule has 2 rings (SSSR count). The Morgan fingerprint density at radius 1 is 1.58 bits per heavy atom. The van der Waals surface area contributed by atoms with Gasteiger partial charge in [-0.2, -0.15) is 0 Å².